The van der Waals surface area contributed by atoms with Crippen molar-refractivity contribution in [1.82, 2.24) is 9.97 Å². The first kappa shape index (κ1) is 8.44. The van der Waals surface area contributed by atoms with Gasteiger partial charge in [-0.2, -0.15) is 0 Å². The van der Waals surface area contributed by atoms with E-state index in [0.717, 1.165) is 36.6 Å². The van der Waals surface area contributed by atoms with Crippen molar-refractivity contribution >= 4 is 5.82 Å². The summed E-state index contributed by atoms with van der Waals surface area (Å²) in [5.41, 5.74) is 0.822. The zero-order valence-electron chi connectivity index (χ0n) is 7.62. The molecule has 0 saturated carbocycles. The van der Waals surface area contributed by atoms with Crippen molar-refractivity contribution in [3.63, 3.8) is 0 Å². The van der Waals surface area contributed by atoms with Crippen LogP contribution >= 0.6 is 0 Å². The monoisotopic (exact) mass is 179 g/mol. The van der Waals surface area contributed by atoms with Crippen molar-refractivity contribution in [1.29, 1.82) is 0 Å². The van der Waals surface area contributed by atoms with Crippen molar-refractivity contribution in [2.75, 3.05) is 11.9 Å². The van der Waals surface area contributed by atoms with E-state index < -0.39 is 6.10 Å². The molecule has 0 spiro atoms. The van der Waals surface area contributed by atoms with Crippen LogP contribution in [0.1, 0.15) is 30.3 Å². The number of aromatic nitrogens is 2. The molecule has 0 radical (unpaired) electrons. The Morgan fingerprint density at radius 2 is 2.46 bits per heavy atom. The Labute approximate surface area is 77.0 Å². The van der Waals surface area contributed by atoms with Gasteiger partial charge in [0.2, 0.25) is 0 Å². The lowest BCUT2D eigenvalue weighted by Gasteiger charge is -2.09. The van der Waals surface area contributed by atoms with Crippen LogP contribution in [0.4, 0.5) is 5.82 Å². The predicted molar refractivity (Wildman–Crippen MR) is 49.5 cm³/mol. The molecule has 2 rings (SSSR count). The summed E-state index contributed by atoms with van der Waals surface area (Å²) < 4.78 is 0. The van der Waals surface area contributed by atoms with Crippen LogP contribution < -0.4 is 5.32 Å². The molecule has 0 aromatic carbocycles. The quantitative estimate of drug-likeness (QED) is 0.624. The lowest BCUT2D eigenvalue weighted by molar-refractivity contribution is 0.168. The molecule has 1 aromatic heterocycles. The summed E-state index contributed by atoms with van der Waals surface area (Å²) in [4.78, 5) is 8.32. The molecule has 4 nitrogen and oxygen atoms in total. The van der Waals surface area contributed by atoms with E-state index in [1.165, 1.54) is 0 Å². The van der Waals surface area contributed by atoms with Crippen LogP contribution in [0.2, 0.25) is 0 Å². The molecule has 4 heteroatoms. The van der Waals surface area contributed by atoms with Crippen molar-refractivity contribution in [3.8, 4) is 0 Å². The highest BCUT2D eigenvalue weighted by Crippen LogP contribution is 2.26. The average Bonchev–Trinajstić information content (AvgIpc) is 2.28. The third-order valence-electron chi connectivity index (χ3n) is 2.24. The number of nitrogens with one attached hydrogen (secondary N) is 1. The Hall–Kier alpha value is -1.16. The molecule has 2 heterocycles. The van der Waals surface area contributed by atoms with Gasteiger partial charge in [0.05, 0.1) is 6.10 Å². The van der Waals surface area contributed by atoms with Gasteiger partial charge in [-0.1, -0.05) is 0 Å². The fourth-order valence-corrected chi connectivity index (χ4v) is 1.52. The molecule has 70 valence electrons. The summed E-state index contributed by atoms with van der Waals surface area (Å²) in [5, 5.41) is 12.9. The summed E-state index contributed by atoms with van der Waals surface area (Å²) in [5.74, 6) is 1.53. The largest absolute Gasteiger partial charge is 0.388 e. The van der Waals surface area contributed by atoms with E-state index in [-0.39, 0.29) is 0 Å². The highest BCUT2D eigenvalue weighted by Gasteiger charge is 2.17. The summed E-state index contributed by atoms with van der Waals surface area (Å²) in [6, 6.07) is 0. The smallest absolute Gasteiger partial charge is 0.135 e. The standard InChI is InChI=1S/C9H13N3O/c1-6-11-5-7-8(13)3-2-4-10-9(7)12-6/h5,8,13H,2-4H2,1H3,(H,10,11,12). The summed E-state index contributed by atoms with van der Waals surface area (Å²) in [6.45, 7) is 2.72. The number of fused-ring (bicyclic) bond motifs is 1. The van der Waals surface area contributed by atoms with Gasteiger partial charge in [-0.05, 0) is 19.8 Å². The van der Waals surface area contributed by atoms with Crippen LogP contribution in [0.5, 0.6) is 0 Å². The third-order valence-corrected chi connectivity index (χ3v) is 2.24. The first-order chi connectivity index (χ1) is 6.27. The summed E-state index contributed by atoms with van der Waals surface area (Å²) >= 11 is 0. The maximum Gasteiger partial charge on any atom is 0.135 e. The van der Waals surface area contributed by atoms with Crippen LogP contribution in [0.15, 0.2) is 6.20 Å². The zero-order valence-corrected chi connectivity index (χ0v) is 7.62. The van der Waals surface area contributed by atoms with E-state index in [9.17, 15) is 5.11 Å². The number of aliphatic hydroxyl groups is 1. The number of anilines is 1. The number of aliphatic hydroxyl groups excluding tert-OH is 1. The Balaban J connectivity index is 2.42. The van der Waals surface area contributed by atoms with Crippen LogP contribution in [-0.4, -0.2) is 21.6 Å². The van der Waals surface area contributed by atoms with Crippen LogP contribution in [0.3, 0.4) is 0 Å². The minimum Gasteiger partial charge on any atom is -0.388 e. The lowest BCUT2D eigenvalue weighted by atomic mass is 10.1. The predicted octanol–water partition coefficient (Wildman–Crippen LogP) is 1.02. The molecule has 1 atom stereocenters. The van der Waals surface area contributed by atoms with Gasteiger partial charge in [0, 0.05) is 18.3 Å². The topological polar surface area (TPSA) is 58.0 Å². The molecule has 1 aliphatic rings. The fourth-order valence-electron chi connectivity index (χ4n) is 1.52. The van der Waals surface area contributed by atoms with Gasteiger partial charge >= 0.3 is 0 Å². The molecule has 1 aromatic rings. The second-order valence-electron chi connectivity index (χ2n) is 3.31. The lowest BCUT2D eigenvalue weighted by Crippen LogP contribution is -2.05. The Kier molecular flexibility index (Phi) is 2.14. The molecule has 1 unspecified atom stereocenters. The van der Waals surface area contributed by atoms with E-state index in [1.54, 1.807) is 6.20 Å². The number of rotatable bonds is 0. The van der Waals surface area contributed by atoms with Crippen LogP contribution in [0, 0.1) is 6.92 Å². The Bertz CT molecular complexity index is 314. The normalized spacial score (nSPS) is 21.5. The molecule has 0 aliphatic carbocycles. The molecule has 0 amide bonds. The molecular formula is C9H13N3O. The van der Waals surface area contributed by atoms with Crippen LogP contribution in [0.25, 0.3) is 0 Å². The van der Waals surface area contributed by atoms with Gasteiger partial charge in [-0.15, -0.1) is 0 Å². The van der Waals surface area contributed by atoms with Gasteiger partial charge in [0.25, 0.3) is 0 Å². The van der Waals surface area contributed by atoms with E-state index in [2.05, 4.69) is 15.3 Å². The minimum atomic E-state index is -0.411. The molecule has 1 aliphatic heterocycles. The maximum absolute atomic E-state index is 9.71. The SMILES string of the molecule is Cc1ncc2c(n1)NCCCC2O. The van der Waals surface area contributed by atoms with Crippen molar-refractivity contribution in [2.45, 2.75) is 25.9 Å². The number of hydrogen-bond acceptors (Lipinski definition) is 4. The van der Waals surface area contributed by atoms with Gasteiger partial charge in [-0.3, -0.25) is 0 Å². The van der Waals surface area contributed by atoms with Gasteiger partial charge < -0.3 is 10.4 Å². The Morgan fingerprint density at radius 1 is 1.62 bits per heavy atom. The highest BCUT2D eigenvalue weighted by molar-refractivity contribution is 5.45. The first-order valence-corrected chi connectivity index (χ1v) is 4.53. The number of aryl methyl sites for hydroxylation is 1. The number of hydrogen-bond donors (Lipinski definition) is 2. The molecule has 0 bridgehead atoms. The second-order valence-corrected chi connectivity index (χ2v) is 3.31. The van der Waals surface area contributed by atoms with Crippen LogP contribution in [-0.2, 0) is 0 Å². The van der Waals surface area contributed by atoms with Gasteiger partial charge in [-0.25, -0.2) is 9.97 Å². The van der Waals surface area contributed by atoms with E-state index in [1.807, 2.05) is 6.92 Å². The fraction of sp³-hybridized carbons (Fsp3) is 0.556. The average molecular weight is 179 g/mol. The Morgan fingerprint density at radius 3 is 3.31 bits per heavy atom. The summed E-state index contributed by atoms with van der Waals surface area (Å²) in [6.07, 6.45) is 3.05. The maximum atomic E-state index is 9.71. The van der Waals surface area contributed by atoms with Crippen molar-refractivity contribution < 1.29 is 5.11 Å². The second kappa shape index (κ2) is 3.30. The molecule has 0 fully saturated rings. The molecule has 13 heavy (non-hydrogen) atoms. The molecular weight excluding hydrogens is 166 g/mol. The molecule has 0 saturated heterocycles. The first-order valence-electron chi connectivity index (χ1n) is 4.53. The van der Waals surface area contributed by atoms with E-state index in [0.29, 0.717) is 0 Å². The summed E-state index contributed by atoms with van der Waals surface area (Å²) in [7, 11) is 0. The zero-order chi connectivity index (χ0) is 9.26. The van der Waals surface area contributed by atoms with E-state index >= 15 is 0 Å². The molecule has 2 N–H and O–H groups in total. The van der Waals surface area contributed by atoms with Gasteiger partial charge in [0.1, 0.15) is 11.6 Å². The van der Waals surface area contributed by atoms with Gasteiger partial charge in [0.15, 0.2) is 0 Å². The van der Waals surface area contributed by atoms with E-state index in [4.69, 9.17) is 0 Å². The highest BCUT2D eigenvalue weighted by atomic mass is 16.3. The van der Waals surface area contributed by atoms with Crippen molar-refractivity contribution in [3.05, 3.63) is 17.6 Å². The number of nitrogens with zero attached hydrogens (tertiary/aromatic N) is 2. The van der Waals surface area contributed by atoms with Crippen molar-refractivity contribution in [2.24, 2.45) is 0 Å². The third kappa shape index (κ3) is 1.62. The minimum absolute atomic E-state index is 0.411.